The van der Waals surface area contributed by atoms with Gasteiger partial charge in [-0.15, -0.1) is 6.58 Å². The molecule has 0 saturated carbocycles. The molecular weight excluding hydrogens is 542 g/mol. The van der Waals surface area contributed by atoms with E-state index >= 15 is 0 Å². The van der Waals surface area contributed by atoms with Gasteiger partial charge in [0.15, 0.2) is 11.5 Å². The largest absolute Gasteiger partial charge is 0.481 e. The van der Waals surface area contributed by atoms with Crippen LogP contribution in [0.4, 0.5) is 5.69 Å². The number of carbonyl (C=O) groups is 2. The zero-order valence-electron chi connectivity index (χ0n) is 25.0. The molecule has 1 aliphatic rings. The van der Waals surface area contributed by atoms with E-state index in [0.717, 1.165) is 50.8 Å². The monoisotopic (exact) mass is 585 g/mol. The van der Waals surface area contributed by atoms with Crippen LogP contribution in [0.1, 0.15) is 66.4 Å². The Hall–Kier alpha value is -4.43. The average molecular weight is 586 g/mol. The number of anilines is 1. The Labute approximate surface area is 254 Å². The molecule has 0 aliphatic carbocycles. The number of hydrogen-bond donors (Lipinski definition) is 2. The number of allylic oxidation sites excluding steroid dienone is 2. The fourth-order valence-electron chi connectivity index (χ4n) is 4.95. The van der Waals surface area contributed by atoms with Crippen molar-refractivity contribution in [3.63, 3.8) is 0 Å². The highest BCUT2D eigenvalue weighted by atomic mass is 16.5. The Morgan fingerprint density at radius 2 is 1.88 bits per heavy atom. The van der Waals surface area contributed by atoms with E-state index in [1.165, 1.54) is 22.9 Å². The van der Waals surface area contributed by atoms with Crippen LogP contribution >= 0.6 is 0 Å². The Bertz CT molecular complexity index is 1370. The molecule has 0 saturated heterocycles. The van der Waals surface area contributed by atoms with Gasteiger partial charge in [0.25, 0.3) is 0 Å². The number of aromatic nitrogens is 1. The Morgan fingerprint density at radius 1 is 1.14 bits per heavy atom. The molecular formula is C35H43N3O5. The van der Waals surface area contributed by atoms with E-state index in [1.807, 2.05) is 30.3 Å². The lowest BCUT2D eigenvalue weighted by molar-refractivity contribution is -0.138. The molecule has 8 heteroatoms. The first-order valence-electron chi connectivity index (χ1n) is 14.7. The van der Waals surface area contributed by atoms with Gasteiger partial charge in [0.2, 0.25) is 0 Å². The maximum absolute atomic E-state index is 11.3. The summed E-state index contributed by atoms with van der Waals surface area (Å²) in [5.74, 6) is -0.280. The van der Waals surface area contributed by atoms with Crippen molar-refractivity contribution in [2.24, 2.45) is 5.73 Å². The van der Waals surface area contributed by atoms with Gasteiger partial charge in [0, 0.05) is 35.6 Å². The Morgan fingerprint density at radius 3 is 2.60 bits per heavy atom. The normalized spacial score (nSPS) is 14.4. The van der Waals surface area contributed by atoms with Crippen LogP contribution in [0, 0.1) is 0 Å². The van der Waals surface area contributed by atoms with Gasteiger partial charge in [-0.05, 0) is 50.7 Å². The molecule has 1 aliphatic heterocycles. The molecule has 0 amide bonds. The number of aryl methyl sites for hydroxylation is 1. The van der Waals surface area contributed by atoms with Crippen LogP contribution in [0.15, 0.2) is 102 Å². The number of ether oxygens (including phenoxy) is 1. The predicted molar refractivity (Wildman–Crippen MR) is 170 cm³/mol. The van der Waals surface area contributed by atoms with Gasteiger partial charge < -0.3 is 25.0 Å². The van der Waals surface area contributed by atoms with Crippen LogP contribution in [0.25, 0.3) is 0 Å². The van der Waals surface area contributed by atoms with Gasteiger partial charge in [0.05, 0.1) is 24.8 Å². The number of carbonyl (C=O) groups excluding carboxylic acids is 1. The van der Waals surface area contributed by atoms with Gasteiger partial charge in [-0.1, -0.05) is 78.3 Å². The minimum Gasteiger partial charge on any atom is -0.481 e. The summed E-state index contributed by atoms with van der Waals surface area (Å²) in [6.45, 7) is 11.4. The number of rotatable bonds is 15. The van der Waals surface area contributed by atoms with E-state index < -0.39 is 5.97 Å². The van der Waals surface area contributed by atoms with Crippen LogP contribution in [-0.2, 0) is 29.0 Å². The van der Waals surface area contributed by atoms with Gasteiger partial charge >= 0.3 is 5.97 Å². The molecule has 1 unspecified atom stereocenters. The molecule has 43 heavy (non-hydrogen) atoms. The van der Waals surface area contributed by atoms with Crippen molar-refractivity contribution in [3.05, 3.63) is 120 Å². The highest BCUT2D eigenvalue weighted by Gasteiger charge is 2.27. The van der Waals surface area contributed by atoms with Gasteiger partial charge in [-0.3, -0.25) is 9.59 Å². The minimum atomic E-state index is -0.869. The van der Waals surface area contributed by atoms with Crippen molar-refractivity contribution >= 4 is 17.4 Å². The summed E-state index contributed by atoms with van der Waals surface area (Å²) in [5, 5.41) is 12.7. The second kappa shape index (κ2) is 17.5. The molecule has 2 aromatic carbocycles. The molecule has 3 N–H and O–H groups in total. The number of carboxylic acids is 1. The average Bonchev–Trinajstić information content (AvgIpc) is 3.44. The van der Waals surface area contributed by atoms with E-state index in [1.54, 1.807) is 19.1 Å². The summed E-state index contributed by atoms with van der Waals surface area (Å²) in [5.41, 5.74) is 11.4. The zero-order chi connectivity index (χ0) is 31.0. The summed E-state index contributed by atoms with van der Waals surface area (Å²) in [4.78, 5) is 24.3. The highest BCUT2D eigenvalue weighted by molar-refractivity contribution is 6.04. The molecule has 0 fully saturated rings. The van der Waals surface area contributed by atoms with Crippen LogP contribution in [0.3, 0.4) is 0 Å². The molecule has 0 spiro atoms. The summed E-state index contributed by atoms with van der Waals surface area (Å²) >= 11 is 0. The number of fused-ring (bicyclic) bond motifs is 1. The smallest absolute Gasteiger partial charge is 0.305 e. The third kappa shape index (κ3) is 11.1. The molecule has 1 atom stereocenters. The number of nitrogens with zero attached hydrogens (tertiary/aromatic N) is 2. The summed E-state index contributed by atoms with van der Waals surface area (Å²) < 4.78 is 10.6. The Balaban J connectivity index is 0.000000353. The molecule has 228 valence electrons. The lowest BCUT2D eigenvalue weighted by atomic mass is 9.89. The van der Waals surface area contributed by atoms with E-state index in [4.69, 9.17) is 20.1 Å². The van der Waals surface area contributed by atoms with E-state index in [-0.39, 0.29) is 25.4 Å². The number of carboxylic acid groups (broad SMARTS) is 1. The van der Waals surface area contributed by atoms with Crippen molar-refractivity contribution < 1.29 is 24.0 Å². The quantitative estimate of drug-likeness (QED) is 0.0878. The molecule has 2 heterocycles. The number of ketones is 1. The summed E-state index contributed by atoms with van der Waals surface area (Å²) in [7, 11) is 0. The first kappa shape index (κ1) is 33.1. The Kier molecular flexibility index (Phi) is 13.5. The second-order valence-electron chi connectivity index (χ2n) is 10.6. The van der Waals surface area contributed by atoms with E-state index in [0.29, 0.717) is 23.1 Å². The maximum Gasteiger partial charge on any atom is 0.305 e. The minimum absolute atomic E-state index is 0.0104. The van der Waals surface area contributed by atoms with E-state index in [2.05, 4.69) is 47.5 Å². The first-order valence-corrected chi connectivity index (χ1v) is 14.7. The molecule has 8 nitrogen and oxygen atoms in total. The molecule has 0 bridgehead atoms. The van der Waals surface area contributed by atoms with E-state index in [9.17, 15) is 9.59 Å². The SMILES string of the molecule is C/C(N)=C/C(=O)c1ccccc1.C=CCC1C(=C)Cc2ccccc2N1CCCCCc1cc(COCCC(=O)O)on1. The van der Waals surface area contributed by atoms with Crippen molar-refractivity contribution in [3.8, 4) is 0 Å². The van der Waals surface area contributed by atoms with Gasteiger partial charge in [-0.25, -0.2) is 0 Å². The van der Waals surface area contributed by atoms with Gasteiger partial charge in [-0.2, -0.15) is 0 Å². The van der Waals surface area contributed by atoms with Crippen LogP contribution in [0.2, 0.25) is 0 Å². The van der Waals surface area contributed by atoms with Crippen molar-refractivity contribution in [1.82, 2.24) is 5.16 Å². The number of benzene rings is 2. The van der Waals surface area contributed by atoms with Crippen LogP contribution in [0.5, 0.6) is 0 Å². The molecule has 3 aromatic rings. The number of hydrogen-bond acceptors (Lipinski definition) is 7. The third-order valence-electron chi connectivity index (χ3n) is 7.02. The zero-order valence-corrected chi connectivity index (χ0v) is 25.0. The summed E-state index contributed by atoms with van der Waals surface area (Å²) in [6, 6.07) is 19.9. The topological polar surface area (TPSA) is 119 Å². The predicted octanol–water partition coefficient (Wildman–Crippen LogP) is 6.67. The number of nitrogens with two attached hydrogens (primary N) is 1. The molecule has 1 aromatic heterocycles. The summed E-state index contributed by atoms with van der Waals surface area (Å²) in [6.07, 6.45) is 9.36. The lowest BCUT2D eigenvalue weighted by Gasteiger charge is -2.40. The fraction of sp³-hybridized carbons (Fsp3) is 0.343. The molecule has 4 rings (SSSR count). The van der Waals surface area contributed by atoms with Crippen molar-refractivity contribution in [2.45, 2.75) is 64.5 Å². The fourth-order valence-corrected chi connectivity index (χ4v) is 4.95. The molecule has 0 radical (unpaired) electrons. The maximum atomic E-state index is 11.3. The standard InChI is InChI=1S/C25H32N2O4.C10H11NO/c1-3-9-23-19(2)16-20-10-6-7-12-24(20)27(23)14-8-4-5-11-21-17-22(31-26-21)18-30-15-13-25(28)29;1-8(11)7-10(12)9-5-3-2-4-6-9/h3,6-7,10,12,17,23H,1-2,4-5,8-9,11,13-16,18H2,(H,28,29);2-7H,11H2,1H3/b;8-7-. The number of unbranched alkanes of at least 4 members (excludes halogenated alkanes) is 2. The number of aliphatic carboxylic acids is 1. The lowest BCUT2D eigenvalue weighted by Crippen LogP contribution is -2.41. The van der Waals surface area contributed by atoms with Crippen molar-refractivity contribution in [1.29, 1.82) is 0 Å². The highest BCUT2D eigenvalue weighted by Crippen LogP contribution is 2.34. The van der Waals surface area contributed by atoms with Gasteiger partial charge in [0.1, 0.15) is 6.61 Å². The number of para-hydroxylation sites is 1. The van der Waals surface area contributed by atoms with Crippen molar-refractivity contribution in [2.75, 3.05) is 18.1 Å². The van der Waals surface area contributed by atoms with Crippen LogP contribution in [-0.4, -0.2) is 41.2 Å². The van der Waals surface area contributed by atoms with Crippen LogP contribution < -0.4 is 10.6 Å². The third-order valence-corrected chi connectivity index (χ3v) is 7.02. The first-order chi connectivity index (χ1) is 20.8. The second-order valence-corrected chi connectivity index (χ2v) is 10.6.